The molecule has 2 saturated carbocycles. The van der Waals surface area contributed by atoms with Crippen LogP contribution >= 0.6 is 0 Å². The summed E-state index contributed by atoms with van der Waals surface area (Å²) in [6.07, 6.45) is 4.81. The first-order chi connectivity index (χ1) is 9.03. The van der Waals surface area contributed by atoms with Gasteiger partial charge in [0.2, 0.25) is 0 Å². The summed E-state index contributed by atoms with van der Waals surface area (Å²) in [4.78, 5) is 23.9. The molecule has 104 valence electrons. The number of carbonyl (C=O) groups is 2. The lowest BCUT2D eigenvalue weighted by Gasteiger charge is -2.40. The van der Waals surface area contributed by atoms with E-state index >= 15 is 0 Å². The second-order valence-corrected chi connectivity index (χ2v) is 6.21. The summed E-state index contributed by atoms with van der Waals surface area (Å²) in [7, 11) is 0. The largest absolute Gasteiger partial charge is 0.465 e. The summed E-state index contributed by atoms with van der Waals surface area (Å²) in [5.74, 6) is 0.0770. The van der Waals surface area contributed by atoms with Gasteiger partial charge in [0.1, 0.15) is 11.5 Å². The molecule has 4 nitrogen and oxygen atoms in total. The highest BCUT2D eigenvalue weighted by molar-refractivity contribution is 5.88. The fraction of sp³-hybridized carbons (Fsp3) is 0.733. The quantitative estimate of drug-likeness (QED) is 0.579. The average molecular weight is 264 g/mol. The molecule has 1 heterocycles. The lowest BCUT2D eigenvalue weighted by molar-refractivity contribution is -0.175. The Morgan fingerprint density at radius 2 is 2.21 bits per heavy atom. The molecule has 19 heavy (non-hydrogen) atoms. The van der Waals surface area contributed by atoms with Gasteiger partial charge in [0.05, 0.1) is 6.61 Å². The Morgan fingerprint density at radius 1 is 1.42 bits per heavy atom. The molecule has 2 bridgehead atoms. The van der Waals surface area contributed by atoms with Crippen molar-refractivity contribution in [1.82, 2.24) is 0 Å². The minimum atomic E-state index is -0.619. The van der Waals surface area contributed by atoms with Crippen LogP contribution in [0.5, 0.6) is 0 Å². The summed E-state index contributed by atoms with van der Waals surface area (Å²) in [5, 5.41) is 0. The first-order valence-electron chi connectivity index (χ1n) is 7.08. The minimum absolute atomic E-state index is 0.193. The Labute approximate surface area is 113 Å². The van der Waals surface area contributed by atoms with Crippen molar-refractivity contribution in [2.45, 2.75) is 44.6 Å². The van der Waals surface area contributed by atoms with E-state index in [0.717, 1.165) is 19.3 Å². The van der Waals surface area contributed by atoms with E-state index in [1.165, 1.54) is 6.42 Å². The normalized spacial score (nSPS) is 40.3. The molecule has 2 aliphatic carbocycles. The highest BCUT2D eigenvalue weighted by atomic mass is 16.6. The first-order valence-corrected chi connectivity index (χ1v) is 7.08. The van der Waals surface area contributed by atoms with Crippen molar-refractivity contribution in [2.24, 2.45) is 17.8 Å². The van der Waals surface area contributed by atoms with Gasteiger partial charge in [0, 0.05) is 5.57 Å². The van der Waals surface area contributed by atoms with Gasteiger partial charge in [-0.3, -0.25) is 4.79 Å². The molecule has 4 heteroatoms. The highest BCUT2D eigenvalue weighted by Gasteiger charge is 2.61. The third kappa shape index (κ3) is 1.88. The molecule has 0 aromatic rings. The van der Waals surface area contributed by atoms with E-state index < -0.39 is 5.60 Å². The van der Waals surface area contributed by atoms with Crippen LogP contribution in [0.15, 0.2) is 12.2 Å². The fourth-order valence-electron chi connectivity index (χ4n) is 4.14. The molecule has 4 unspecified atom stereocenters. The number of carbonyl (C=O) groups excluding carboxylic acids is 2. The van der Waals surface area contributed by atoms with Crippen molar-refractivity contribution >= 4 is 11.9 Å². The second kappa shape index (κ2) is 4.36. The van der Waals surface area contributed by atoms with Gasteiger partial charge in [-0.2, -0.15) is 0 Å². The van der Waals surface area contributed by atoms with E-state index in [-0.39, 0.29) is 17.9 Å². The summed E-state index contributed by atoms with van der Waals surface area (Å²) in [5.41, 5.74) is -0.222. The first kappa shape index (κ1) is 12.7. The van der Waals surface area contributed by atoms with Crippen LogP contribution in [-0.2, 0) is 19.1 Å². The van der Waals surface area contributed by atoms with Crippen LogP contribution in [0, 0.1) is 17.8 Å². The molecule has 0 aromatic carbocycles. The van der Waals surface area contributed by atoms with Crippen molar-refractivity contribution in [3.05, 3.63) is 12.2 Å². The van der Waals surface area contributed by atoms with Crippen LogP contribution in [0.2, 0.25) is 0 Å². The Hall–Kier alpha value is -1.32. The molecular weight excluding hydrogens is 244 g/mol. The Kier molecular flexibility index (Phi) is 2.91. The molecular formula is C15H20O4. The summed E-state index contributed by atoms with van der Waals surface area (Å²) in [6, 6.07) is 0. The smallest absolute Gasteiger partial charge is 0.333 e. The molecule has 3 rings (SSSR count). The number of esters is 2. The molecule has 3 aliphatic rings. The van der Waals surface area contributed by atoms with E-state index in [9.17, 15) is 9.59 Å². The predicted octanol–water partition coefficient (Wildman–Crippen LogP) is 2.23. The lowest BCUT2D eigenvalue weighted by Crippen LogP contribution is -2.49. The van der Waals surface area contributed by atoms with Gasteiger partial charge in [-0.25, -0.2) is 4.79 Å². The topological polar surface area (TPSA) is 52.6 Å². The molecule has 0 amide bonds. The van der Waals surface area contributed by atoms with E-state index in [0.29, 0.717) is 30.4 Å². The van der Waals surface area contributed by atoms with Gasteiger partial charge >= 0.3 is 11.9 Å². The average Bonchev–Trinajstić information content (AvgIpc) is 3.03. The van der Waals surface area contributed by atoms with Gasteiger partial charge in [0.15, 0.2) is 0 Å². The second-order valence-electron chi connectivity index (χ2n) is 6.21. The molecule has 0 N–H and O–H groups in total. The van der Waals surface area contributed by atoms with Crippen LogP contribution in [0.4, 0.5) is 0 Å². The maximum absolute atomic E-state index is 12.0. The van der Waals surface area contributed by atoms with Crippen LogP contribution in [0.25, 0.3) is 0 Å². The standard InChI is InChI=1S/C15H20O4/c1-9(2)13(16)19-15(12-5-6-18-14(12)17)8-10-3-4-11(15)7-10/h10-12H,1,3-8H2,2H3. The maximum Gasteiger partial charge on any atom is 0.333 e. The maximum atomic E-state index is 12.0. The zero-order valence-corrected chi connectivity index (χ0v) is 11.3. The highest BCUT2D eigenvalue weighted by Crippen LogP contribution is 2.57. The zero-order valence-electron chi connectivity index (χ0n) is 11.3. The Balaban J connectivity index is 1.90. The van der Waals surface area contributed by atoms with E-state index in [1.54, 1.807) is 6.92 Å². The number of hydrogen-bond donors (Lipinski definition) is 0. The molecule has 4 atom stereocenters. The molecule has 0 spiro atoms. The fourth-order valence-corrected chi connectivity index (χ4v) is 4.14. The Morgan fingerprint density at radius 3 is 2.68 bits per heavy atom. The monoisotopic (exact) mass is 264 g/mol. The number of cyclic esters (lactones) is 1. The molecule has 0 aromatic heterocycles. The van der Waals surface area contributed by atoms with Crippen molar-refractivity contribution in [3.8, 4) is 0 Å². The molecule has 1 aliphatic heterocycles. The van der Waals surface area contributed by atoms with E-state index in [4.69, 9.17) is 9.47 Å². The molecule has 3 fully saturated rings. The molecule has 0 radical (unpaired) electrons. The van der Waals surface area contributed by atoms with Crippen LogP contribution < -0.4 is 0 Å². The van der Waals surface area contributed by atoms with Crippen molar-refractivity contribution in [2.75, 3.05) is 6.61 Å². The molecule has 1 saturated heterocycles. The number of hydrogen-bond acceptors (Lipinski definition) is 4. The van der Waals surface area contributed by atoms with Crippen molar-refractivity contribution in [3.63, 3.8) is 0 Å². The third-order valence-electron chi connectivity index (χ3n) is 5.00. The number of ether oxygens (including phenoxy) is 2. The van der Waals surface area contributed by atoms with Gasteiger partial charge in [-0.1, -0.05) is 6.58 Å². The number of rotatable bonds is 3. The van der Waals surface area contributed by atoms with Crippen molar-refractivity contribution in [1.29, 1.82) is 0 Å². The predicted molar refractivity (Wildman–Crippen MR) is 68.2 cm³/mol. The van der Waals surface area contributed by atoms with Gasteiger partial charge in [-0.05, 0) is 50.9 Å². The van der Waals surface area contributed by atoms with Gasteiger partial charge in [-0.15, -0.1) is 0 Å². The summed E-state index contributed by atoms with van der Waals surface area (Å²) < 4.78 is 10.9. The van der Waals surface area contributed by atoms with Gasteiger partial charge in [0.25, 0.3) is 0 Å². The van der Waals surface area contributed by atoms with Crippen LogP contribution in [0.1, 0.15) is 39.0 Å². The van der Waals surface area contributed by atoms with Crippen LogP contribution in [0.3, 0.4) is 0 Å². The van der Waals surface area contributed by atoms with Gasteiger partial charge < -0.3 is 9.47 Å². The number of fused-ring (bicyclic) bond motifs is 2. The van der Waals surface area contributed by atoms with E-state index in [1.807, 2.05) is 0 Å². The minimum Gasteiger partial charge on any atom is -0.465 e. The zero-order chi connectivity index (χ0) is 13.6. The summed E-state index contributed by atoms with van der Waals surface area (Å²) in [6.45, 7) is 5.75. The third-order valence-corrected chi connectivity index (χ3v) is 5.00. The van der Waals surface area contributed by atoms with Crippen molar-refractivity contribution < 1.29 is 19.1 Å². The van der Waals surface area contributed by atoms with Crippen LogP contribution in [-0.4, -0.2) is 24.1 Å². The van der Waals surface area contributed by atoms with E-state index in [2.05, 4.69) is 6.58 Å². The lowest BCUT2D eigenvalue weighted by atomic mass is 9.74. The summed E-state index contributed by atoms with van der Waals surface area (Å²) >= 11 is 0. The Bertz CT molecular complexity index is 441. The SMILES string of the molecule is C=C(C)C(=O)OC1(C2CCOC2=O)CC2CCC1C2.